The van der Waals surface area contributed by atoms with E-state index in [0.717, 1.165) is 31.7 Å². The fourth-order valence-electron chi connectivity index (χ4n) is 1.87. The van der Waals surface area contributed by atoms with Gasteiger partial charge in [-0.3, -0.25) is 0 Å². The first-order valence-electron chi connectivity index (χ1n) is 7.21. The van der Waals surface area contributed by atoms with Gasteiger partial charge in [-0.05, 0) is 37.1 Å². The van der Waals surface area contributed by atoms with E-state index in [0.29, 0.717) is 18.5 Å². The van der Waals surface area contributed by atoms with Crippen LogP contribution >= 0.6 is 0 Å². The molecule has 0 saturated carbocycles. The van der Waals surface area contributed by atoms with E-state index < -0.39 is 0 Å². The smallest absolute Gasteiger partial charge is 0.315 e. The molecular formula is C15H22N4O2. The first-order valence-corrected chi connectivity index (χ1v) is 7.21. The Balaban J connectivity index is 1.72. The van der Waals surface area contributed by atoms with Crippen LogP contribution < -0.4 is 15.4 Å². The van der Waals surface area contributed by atoms with Gasteiger partial charge in [0.25, 0.3) is 0 Å². The highest BCUT2D eigenvalue weighted by atomic mass is 16.5. The monoisotopic (exact) mass is 290 g/mol. The summed E-state index contributed by atoms with van der Waals surface area (Å²) in [4.78, 5) is 0. The fraction of sp³-hybridized carbons (Fsp3) is 0.467. The van der Waals surface area contributed by atoms with Gasteiger partial charge < -0.3 is 19.8 Å². The van der Waals surface area contributed by atoms with Gasteiger partial charge in [-0.15, -0.1) is 5.10 Å². The number of anilines is 1. The molecule has 0 aliphatic heterocycles. The van der Waals surface area contributed by atoms with Gasteiger partial charge >= 0.3 is 6.01 Å². The predicted octanol–water partition coefficient (Wildman–Crippen LogP) is 2.23. The second-order valence-corrected chi connectivity index (χ2v) is 4.70. The van der Waals surface area contributed by atoms with Crippen molar-refractivity contribution >= 4 is 6.01 Å². The van der Waals surface area contributed by atoms with E-state index >= 15 is 0 Å². The molecule has 0 spiro atoms. The molecule has 2 N–H and O–H groups in total. The molecule has 0 saturated heterocycles. The van der Waals surface area contributed by atoms with Crippen molar-refractivity contribution in [2.75, 3.05) is 25.5 Å². The van der Waals surface area contributed by atoms with E-state index in [-0.39, 0.29) is 0 Å². The van der Waals surface area contributed by atoms with Crippen molar-refractivity contribution in [1.82, 2.24) is 15.5 Å². The van der Waals surface area contributed by atoms with Gasteiger partial charge in [0.05, 0.1) is 13.7 Å². The van der Waals surface area contributed by atoms with Crippen LogP contribution in [0.3, 0.4) is 0 Å². The molecule has 0 radical (unpaired) electrons. The van der Waals surface area contributed by atoms with Gasteiger partial charge in [0.15, 0.2) is 0 Å². The molecule has 2 rings (SSSR count). The third-order valence-electron chi connectivity index (χ3n) is 3.02. The molecule has 114 valence electrons. The van der Waals surface area contributed by atoms with Crippen LogP contribution in [0.4, 0.5) is 6.01 Å². The molecule has 0 bridgehead atoms. The van der Waals surface area contributed by atoms with Crippen LogP contribution in [0, 0.1) is 0 Å². The minimum absolute atomic E-state index is 0.469. The van der Waals surface area contributed by atoms with E-state index in [1.54, 1.807) is 7.11 Å². The van der Waals surface area contributed by atoms with E-state index in [2.05, 4.69) is 39.9 Å². The molecule has 1 heterocycles. The van der Waals surface area contributed by atoms with Crippen molar-refractivity contribution in [2.24, 2.45) is 0 Å². The number of hydrogen-bond acceptors (Lipinski definition) is 6. The van der Waals surface area contributed by atoms with Crippen LogP contribution in [-0.2, 0) is 13.0 Å². The van der Waals surface area contributed by atoms with Gasteiger partial charge in [0.2, 0.25) is 5.89 Å². The summed E-state index contributed by atoms with van der Waals surface area (Å²) in [5.41, 5.74) is 1.23. The Bertz CT molecular complexity index is 525. The van der Waals surface area contributed by atoms with Crippen molar-refractivity contribution in [1.29, 1.82) is 0 Å². The first-order chi connectivity index (χ1) is 10.3. The molecule has 0 aliphatic rings. The largest absolute Gasteiger partial charge is 0.497 e. The van der Waals surface area contributed by atoms with Crippen molar-refractivity contribution in [2.45, 2.75) is 26.3 Å². The van der Waals surface area contributed by atoms with Crippen LogP contribution in [0.1, 0.15) is 24.8 Å². The third-order valence-corrected chi connectivity index (χ3v) is 3.02. The summed E-state index contributed by atoms with van der Waals surface area (Å²) < 4.78 is 10.6. The second kappa shape index (κ2) is 8.26. The number of ether oxygens (including phenoxy) is 1. The molecular weight excluding hydrogens is 268 g/mol. The predicted molar refractivity (Wildman–Crippen MR) is 81.5 cm³/mol. The maximum Gasteiger partial charge on any atom is 0.315 e. The van der Waals surface area contributed by atoms with Crippen molar-refractivity contribution in [3.8, 4) is 5.75 Å². The summed E-state index contributed by atoms with van der Waals surface area (Å²) in [5.74, 6) is 1.48. The minimum Gasteiger partial charge on any atom is -0.497 e. The average molecular weight is 290 g/mol. The Morgan fingerprint density at radius 1 is 1.14 bits per heavy atom. The molecule has 6 nitrogen and oxygen atoms in total. The quantitative estimate of drug-likeness (QED) is 0.690. The van der Waals surface area contributed by atoms with Crippen molar-refractivity contribution < 1.29 is 9.15 Å². The maximum atomic E-state index is 5.49. The molecule has 1 aromatic heterocycles. The summed E-state index contributed by atoms with van der Waals surface area (Å²) >= 11 is 0. The topological polar surface area (TPSA) is 72.2 Å². The number of nitrogens with zero attached hydrogens (tertiary/aromatic N) is 2. The maximum absolute atomic E-state index is 5.49. The molecule has 0 aliphatic carbocycles. The van der Waals surface area contributed by atoms with Gasteiger partial charge in [0.1, 0.15) is 5.75 Å². The van der Waals surface area contributed by atoms with Gasteiger partial charge in [-0.1, -0.05) is 24.2 Å². The molecule has 2 aromatic rings. The Labute approximate surface area is 124 Å². The lowest BCUT2D eigenvalue weighted by Crippen LogP contribution is -2.13. The minimum atomic E-state index is 0.469. The van der Waals surface area contributed by atoms with Crippen LogP contribution in [-0.4, -0.2) is 30.4 Å². The third kappa shape index (κ3) is 5.07. The zero-order chi connectivity index (χ0) is 14.9. The standard InChI is InChI=1S/C15H22N4O2/c1-3-9-16-11-14-18-19-15(21-14)17-10-8-12-4-6-13(20-2)7-5-12/h4-7,16H,3,8-11H2,1-2H3,(H,17,19). The van der Waals surface area contributed by atoms with Gasteiger partial charge in [0, 0.05) is 6.54 Å². The SMILES string of the molecule is CCCNCc1nnc(NCCc2ccc(OC)cc2)o1. The summed E-state index contributed by atoms with van der Waals surface area (Å²) in [6, 6.07) is 8.49. The van der Waals surface area contributed by atoms with Gasteiger partial charge in [-0.25, -0.2) is 0 Å². The zero-order valence-electron chi connectivity index (χ0n) is 12.6. The van der Waals surface area contributed by atoms with E-state index in [1.807, 2.05) is 12.1 Å². The molecule has 21 heavy (non-hydrogen) atoms. The van der Waals surface area contributed by atoms with E-state index in [4.69, 9.17) is 9.15 Å². The zero-order valence-corrected chi connectivity index (χ0v) is 12.6. The van der Waals surface area contributed by atoms with Crippen molar-refractivity contribution in [3.05, 3.63) is 35.7 Å². The second-order valence-electron chi connectivity index (χ2n) is 4.70. The van der Waals surface area contributed by atoms with Crippen LogP contribution in [0.25, 0.3) is 0 Å². The summed E-state index contributed by atoms with van der Waals surface area (Å²) in [6.45, 7) is 4.42. The molecule has 0 amide bonds. The van der Waals surface area contributed by atoms with E-state index in [9.17, 15) is 0 Å². The summed E-state index contributed by atoms with van der Waals surface area (Å²) in [5, 5.41) is 14.3. The van der Waals surface area contributed by atoms with Crippen LogP contribution in [0.15, 0.2) is 28.7 Å². The number of rotatable bonds is 9. The van der Waals surface area contributed by atoms with E-state index in [1.165, 1.54) is 5.56 Å². The number of aromatic nitrogens is 2. The fourth-order valence-corrected chi connectivity index (χ4v) is 1.87. The number of benzene rings is 1. The lowest BCUT2D eigenvalue weighted by Gasteiger charge is -2.03. The molecule has 6 heteroatoms. The molecule has 0 atom stereocenters. The number of nitrogens with one attached hydrogen (secondary N) is 2. The van der Waals surface area contributed by atoms with Crippen LogP contribution in [0.2, 0.25) is 0 Å². The summed E-state index contributed by atoms with van der Waals surface area (Å²) in [6.07, 6.45) is 1.97. The lowest BCUT2D eigenvalue weighted by molar-refractivity contribution is 0.414. The molecule has 0 unspecified atom stereocenters. The highest BCUT2D eigenvalue weighted by Gasteiger charge is 2.04. The molecule has 1 aromatic carbocycles. The van der Waals surface area contributed by atoms with Crippen molar-refractivity contribution in [3.63, 3.8) is 0 Å². The lowest BCUT2D eigenvalue weighted by atomic mass is 10.1. The molecule has 0 fully saturated rings. The van der Waals surface area contributed by atoms with Crippen LogP contribution in [0.5, 0.6) is 5.75 Å². The normalized spacial score (nSPS) is 10.6. The highest BCUT2D eigenvalue weighted by molar-refractivity contribution is 5.28. The summed E-state index contributed by atoms with van der Waals surface area (Å²) in [7, 11) is 1.67. The Morgan fingerprint density at radius 3 is 2.67 bits per heavy atom. The highest BCUT2D eigenvalue weighted by Crippen LogP contribution is 2.12. The number of hydrogen-bond donors (Lipinski definition) is 2. The Hall–Kier alpha value is -2.08. The Morgan fingerprint density at radius 2 is 1.95 bits per heavy atom. The van der Waals surface area contributed by atoms with Gasteiger partial charge in [-0.2, -0.15) is 0 Å². The average Bonchev–Trinajstić information content (AvgIpc) is 2.96. The Kier molecular flexibility index (Phi) is 6.02. The first kappa shape index (κ1) is 15.3. The number of methoxy groups -OCH3 is 1.